The van der Waals surface area contributed by atoms with Crippen LogP contribution in [0.2, 0.25) is 0 Å². The summed E-state index contributed by atoms with van der Waals surface area (Å²) in [6, 6.07) is 5.94. The van der Waals surface area contributed by atoms with E-state index < -0.39 is 0 Å². The molecule has 14 heavy (non-hydrogen) atoms. The highest BCUT2D eigenvalue weighted by atomic mass is 127. The molecule has 2 N–H and O–H groups in total. The predicted octanol–water partition coefficient (Wildman–Crippen LogP) is 1.70. The van der Waals surface area contributed by atoms with Crippen molar-refractivity contribution < 1.29 is 9.47 Å². The van der Waals surface area contributed by atoms with E-state index in [-0.39, 0.29) is 12.1 Å². The lowest BCUT2D eigenvalue weighted by molar-refractivity contribution is 0.0259. The van der Waals surface area contributed by atoms with E-state index in [1.54, 1.807) is 7.11 Å². The van der Waals surface area contributed by atoms with Crippen molar-refractivity contribution in [2.24, 2.45) is 5.73 Å². The zero-order valence-corrected chi connectivity index (χ0v) is 10.0. The summed E-state index contributed by atoms with van der Waals surface area (Å²) < 4.78 is 12.0. The number of hydrogen-bond donors (Lipinski definition) is 1. The van der Waals surface area contributed by atoms with Crippen LogP contribution in [-0.4, -0.2) is 19.8 Å². The van der Waals surface area contributed by atoms with Crippen LogP contribution in [0.15, 0.2) is 18.2 Å². The lowest BCUT2D eigenvalue weighted by Gasteiger charge is -2.30. The molecule has 0 bridgehead atoms. The maximum Gasteiger partial charge on any atom is 0.124 e. The van der Waals surface area contributed by atoms with Crippen LogP contribution in [0.1, 0.15) is 11.6 Å². The second-order valence-corrected chi connectivity index (χ2v) is 4.54. The molecular weight excluding hydrogens is 293 g/mol. The van der Waals surface area contributed by atoms with E-state index in [1.165, 1.54) is 0 Å². The van der Waals surface area contributed by atoms with E-state index in [4.69, 9.17) is 15.2 Å². The minimum Gasteiger partial charge on any atom is -0.490 e. The van der Waals surface area contributed by atoms with E-state index in [9.17, 15) is 0 Å². The Morgan fingerprint density at radius 1 is 1.57 bits per heavy atom. The van der Waals surface area contributed by atoms with Crippen molar-refractivity contribution in [1.82, 2.24) is 0 Å². The molecule has 0 fully saturated rings. The molecular formula is C10H12INO2. The molecule has 0 spiro atoms. The molecule has 1 aromatic rings. The number of nitrogens with two attached hydrogens (primary N) is 1. The van der Waals surface area contributed by atoms with Crippen LogP contribution in [0.4, 0.5) is 0 Å². The van der Waals surface area contributed by atoms with Gasteiger partial charge in [0.05, 0.1) is 6.04 Å². The number of methoxy groups -OCH3 is 1. The Kier molecular flexibility index (Phi) is 2.94. The number of hydrogen-bond acceptors (Lipinski definition) is 3. The zero-order valence-electron chi connectivity index (χ0n) is 7.87. The van der Waals surface area contributed by atoms with Gasteiger partial charge in [0.15, 0.2) is 0 Å². The number of rotatable bonds is 1. The number of benzene rings is 1. The van der Waals surface area contributed by atoms with Crippen molar-refractivity contribution in [3.8, 4) is 5.75 Å². The number of ether oxygens (including phenoxy) is 2. The minimum atomic E-state index is -0.0848. The summed E-state index contributed by atoms with van der Waals surface area (Å²) >= 11 is 2.26. The molecule has 1 aliphatic rings. The van der Waals surface area contributed by atoms with Gasteiger partial charge in [0, 0.05) is 16.2 Å². The van der Waals surface area contributed by atoms with Gasteiger partial charge in [-0.05, 0) is 40.8 Å². The Bertz CT molecular complexity index is 343. The highest BCUT2D eigenvalue weighted by Gasteiger charge is 2.27. The quantitative estimate of drug-likeness (QED) is 0.803. The van der Waals surface area contributed by atoms with E-state index in [1.807, 2.05) is 18.2 Å². The van der Waals surface area contributed by atoms with E-state index >= 15 is 0 Å². The van der Waals surface area contributed by atoms with Gasteiger partial charge < -0.3 is 15.2 Å². The Balaban J connectivity index is 2.38. The number of fused-ring (bicyclic) bond motifs is 1. The van der Waals surface area contributed by atoms with Crippen molar-refractivity contribution in [2.75, 3.05) is 13.7 Å². The first-order chi connectivity index (χ1) is 6.72. The summed E-state index contributed by atoms with van der Waals surface area (Å²) in [5, 5.41) is 0. The second-order valence-electron chi connectivity index (χ2n) is 3.29. The lowest BCUT2D eigenvalue weighted by atomic mass is 9.99. The maximum atomic E-state index is 6.06. The van der Waals surface area contributed by atoms with Gasteiger partial charge >= 0.3 is 0 Å². The maximum absolute atomic E-state index is 6.06. The van der Waals surface area contributed by atoms with E-state index in [0.717, 1.165) is 14.9 Å². The van der Waals surface area contributed by atoms with Crippen LogP contribution in [0, 0.1) is 3.57 Å². The molecule has 0 saturated carbocycles. The van der Waals surface area contributed by atoms with Crippen molar-refractivity contribution >= 4 is 22.6 Å². The van der Waals surface area contributed by atoms with Gasteiger partial charge in [-0.3, -0.25) is 0 Å². The topological polar surface area (TPSA) is 44.5 Å². The van der Waals surface area contributed by atoms with E-state index in [2.05, 4.69) is 22.6 Å². The largest absolute Gasteiger partial charge is 0.490 e. The average molecular weight is 305 g/mol. The van der Waals surface area contributed by atoms with Gasteiger partial charge in [-0.25, -0.2) is 0 Å². The van der Waals surface area contributed by atoms with Crippen LogP contribution >= 0.6 is 22.6 Å². The molecule has 0 aromatic heterocycles. The van der Waals surface area contributed by atoms with Crippen LogP contribution in [0.5, 0.6) is 5.75 Å². The molecule has 0 aliphatic carbocycles. The van der Waals surface area contributed by atoms with Crippen LogP contribution in [-0.2, 0) is 4.74 Å². The highest BCUT2D eigenvalue weighted by Crippen LogP contribution is 2.32. The van der Waals surface area contributed by atoms with Gasteiger partial charge in [0.1, 0.15) is 18.5 Å². The van der Waals surface area contributed by atoms with Gasteiger partial charge in [-0.15, -0.1) is 0 Å². The van der Waals surface area contributed by atoms with Crippen molar-refractivity contribution in [3.05, 3.63) is 27.3 Å². The predicted molar refractivity (Wildman–Crippen MR) is 62.4 cm³/mol. The Morgan fingerprint density at radius 2 is 2.36 bits per heavy atom. The first kappa shape index (κ1) is 10.2. The van der Waals surface area contributed by atoms with Gasteiger partial charge in [-0.2, -0.15) is 0 Å². The summed E-state index contributed by atoms with van der Waals surface area (Å²) in [7, 11) is 1.66. The summed E-state index contributed by atoms with van der Waals surface area (Å²) in [5.74, 6) is 0.881. The molecule has 2 unspecified atom stereocenters. The lowest BCUT2D eigenvalue weighted by Crippen LogP contribution is -2.37. The van der Waals surface area contributed by atoms with Crippen LogP contribution in [0.3, 0.4) is 0 Å². The summed E-state index contributed by atoms with van der Waals surface area (Å²) in [4.78, 5) is 0. The fourth-order valence-electron chi connectivity index (χ4n) is 1.60. The minimum absolute atomic E-state index is 0.0410. The van der Waals surface area contributed by atoms with Crippen LogP contribution < -0.4 is 10.5 Å². The molecule has 0 radical (unpaired) electrons. The molecule has 1 aliphatic heterocycles. The van der Waals surface area contributed by atoms with Gasteiger partial charge in [-0.1, -0.05) is 0 Å². The SMILES string of the molecule is COC1COc2ccc(I)cc2C1N. The normalized spacial score (nSPS) is 25.4. The van der Waals surface area contributed by atoms with Crippen molar-refractivity contribution in [3.63, 3.8) is 0 Å². The third-order valence-corrected chi connectivity index (χ3v) is 3.11. The standard InChI is InChI=1S/C10H12INO2/c1-13-9-5-14-8-3-2-6(11)4-7(8)10(9)12/h2-4,9-10H,5,12H2,1H3. The fraction of sp³-hybridized carbons (Fsp3) is 0.400. The summed E-state index contributed by atoms with van der Waals surface area (Å²) in [6.07, 6.45) is -0.0410. The third kappa shape index (κ3) is 1.74. The van der Waals surface area contributed by atoms with Gasteiger partial charge in [0.2, 0.25) is 0 Å². The summed E-state index contributed by atoms with van der Waals surface area (Å²) in [6.45, 7) is 0.533. The number of halogens is 1. The van der Waals surface area contributed by atoms with E-state index in [0.29, 0.717) is 6.61 Å². The monoisotopic (exact) mass is 305 g/mol. The van der Waals surface area contributed by atoms with Gasteiger partial charge in [0.25, 0.3) is 0 Å². The Labute approximate surface area is 96.7 Å². The molecule has 76 valence electrons. The fourth-order valence-corrected chi connectivity index (χ4v) is 2.12. The zero-order chi connectivity index (χ0) is 10.1. The molecule has 1 aromatic carbocycles. The second kappa shape index (κ2) is 4.04. The average Bonchev–Trinajstić information content (AvgIpc) is 2.20. The Hall–Kier alpha value is -0.330. The third-order valence-electron chi connectivity index (χ3n) is 2.44. The molecule has 2 rings (SSSR count). The molecule has 2 atom stereocenters. The first-order valence-electron chi connectivity index (χ1n) is 4.43. The van der Waals surface area contributed by atoms with Crippen LogP contribution in [0.25, 0.3) is 0 Å². The van der Waals surface area contributed by atoms with Crippen molar-refractivity contribution in [1.29, 1.82) is 0 Å². The molecule has 0 saturated heterocycles. The van der Waals surface area contributed by atoms with Crippen molar-refractivity contribution in [2.45, 2.75) is 12.1 Å². The summed E-state index contributed by atoms with van der Waals surface area (Å²) in [5.41, 5.74) is 7.10. The highest BCUT2D eigenvalue weighted by molar-refractivity contribution is 14.1. The smallest absolute Gasteiger partial charge is 0.124 e. The first-order valence-corrected chi connectivity index (χ1v) is 5.51. The molecule has 4 heteroatoms. The molecule has 1 heterocycles. The molecule has 3 nitrogen and oxygen atoms in total. The Morgan fingerprint density at radius 3 is 3.07 bits per heavy atom. The molecule has 0 amide bonds.